The average molecular weight is 735 g/mol. The van der Waals surface area contributed by atoms with Crippen molar-refractivity contribution in [1.82, 2.24) is 5.32 Å². The molecule has 0 aromatic carbocycles. The maximum atomic E-state index is 12.1. The molecule has 2 fully saturated rings. The van der Waals surface area contributed by atoms with Gasteiger partial charge in [0.25, 0.3) is 0 Å². The number of carbonyl (C=O) groups is 4. The van der Waals surface area contributed by atoms with Gasteiger partial charge in [-0.2, -0.15) is 0 Å². The number of hydrogen-bond donors (Lipinski definition) is 1. The lowest BCUT2D eigenvalue weighted by molar-refractivity contribution is -0.165. The SMILES string of the molecule is CC(=O)OC(I)C1C2CC(OC(=O)N2)C(C(I)OC(C)=O)C1C(I)OC(C)=O. The summed E-state index contributed by atoms with van der Waals surface area (Å²) in [7, 11) is 0. The molecule has 2 rings (SSSR count). The topological polar surface area (TPSA) is 117 Å². The minimum atomic E-state index is -0.631. The van der Waals surface area contributed by atoms with Crippen molar-refractivity contribution in [1.29, 1.82) is 0 Å². The highest BCUT2D eigenvalue weighted by Crippen LogP contribution is 2.49. The van der Waals surface area contributed by atoms with E-state index in [4.69, 9.17) is 18.9 Å². The molecule has 1 N–H and O–H groups in total. The minimum absolute atomic E-state index is 0.345. The van der Waals surface area contributed by atoms with Crippen LogP contribution in [0.3, 0.4) is 0 Å². The van der Waals surface area contributed by atoms with Crippen molar-refractivity contribution in [3.8, 4) is 0 Å². The molecule has 8 atom stereocenters. The van der Waals surface area contributed by atoms with Crippen LogP contribution in [0.15, 0.2) is 0 Å². The maximum absolute atomic E-state index is 12.1. The van der Waals surface area contributed by atoms with Crippen LogP contribution in [0.4, 0.5) is 4.79 Å². The number of esters is 3. The van der Waals surface area contributed by atoms with E-state index in [0.29, 0.717) is 6.42 Å². The van der Waals surface area contributed by atoms with Crippen LogP contribution in [0.2, 0.25) is 0 Å². The molecule has 9 nitrogen and oxygen atoms in total. The van der Waals surface area contributed by atoms with Crippen LogP contribution in [-0.2, 0) is 33.3 Å². The van der Waals surface area contributed by atoms with Crippen LogP contribution in [0.25, 0.3) is 0 Å². The van der Waals surface area contributed by atoms with Gasteiger partial charge in [0.05, 0.1) is 5.92 Å². The Balaban J connectivity index is 2.47. The van der Waals surface area contributed by atoms with E-state index in [1.165, 1.54) is 20.8 Å². The molecule has 1 aliphatic heterocycles. The van der Waals surface area contributed by atoms with E-state index in [9.17, 15) is 19.2 Å². The fourth-order valence-electron chi connectivity index (χ4n) is 3.70. The summed E-state index contributed by atoms with van der Waals surface area (Å²) in [4.78, 5) is 46.8. The molecule has 1 saturated carbocycles. The van der Waals surface area contributed by atoms with Gasteiger partial charge in [-0.1, -0.05) is 0 Å². The summed E-state index contributed by atoms with van der Waals surface area (Å²) in [5, 5.41) is 2.78. The lowest BCUT2D eigenvalue weighted by Gasteiger charge is -2.52. The molecular formula is C16H20I3NO8. The molecular weight excluding hydrogens is 715 g/mol. The molecule has 8 unspecified atom stereocenters. The van der Waals surface area contributed by atoms with Crippen LogP contribution in [0.5, 0.6) is 0 Å². The van der Waals surface area contributed by atoms with Crippen molar-refractivity contribution in [3.63, 3.8) is 0 Å². The first-order valence-electron chi connectivity index (χ1n) is 8.42. The number of alkyl carbamates (subject to hydrolysis) is 1. The van der Waals surface area contributed by atoms with E-state index in [1.807, 2.05) is 67.8 Å². The average Bonchev–Trinajstić information content (AvgIpc) is 2.51. The van der Waals surface area contributed by atoms with Gasteiger partial charge < -0.3 is 24.3 Å². The molecule has 0 aromatic rings. The van der Waals surface area contributed by atoms with Gasteiger partial charge in [0, 0.05) is 45.1 Å². The Morgan fingerprint density at radius 2 is 1.32 bits per heavy atom. The summed E-state index contributed by atoms with van der Waals surface area (Å²) in [6, 6.07) is -0.345. The van der Waals surface area contributed by atoms with Crippen molar-refractivity contribution in [2.24, 2.45) is 17.8 Å². The Kier molecular flexibility index (Phi) is 8.84. The van der Waals surface area contributed by atoms with Crippen molar-refractivity contribution in [2.45, 2.75) is 51.7 Å². The Bertz CT molecular complexity index is 607. The molecule has 1 aliphatic carbocycles. The van der Waals surface area contributed by atoms with Crippen LogP contribution in [0, 0.1) is 17.8 Å². The predicted molar refractivity (Wildman–Crippen MR) is 121 cm³/mol. The summed E-state index contributed by atoms with van der Waals surface area (Å²) in [6.07, 6.45) is -0.650. The number of carbonyl (C=O) groups excluding carboxylic acids is 4. The third-order valence-corrected chi connectivity index (χ3v) is 7.83. The second-order valence-electron chi connectivity index (χ2n) is 6.54. The summed E-state index contributed by atoms with van der Waals surface area (Å²) in [5.41, 5.74) is 0. The third-order valence-electron chi connectivity index (χ3n) is 4.57. The predicted octanol–water partition coefficient (Wildman–Crippen LogP) is 2.69. The van der Waals surface area contributed by atoms with Gasteiger partial charge in [-0.05, 0) is 67.8 Å². The van der Waals surface area contributed by atoms with Crippen LogP contribution < -0.4 is 5.32 Å². The summed E-state index contributed by atoms with van der Waals surface area (Å²) in [6.45, 7) is 3.91. The molecule has 158 valence electrons. The molecule has 28 heavy (non-hydrogen) atoms. The fraction of sp³-hybridized carbons (Fsp3) is 0.750. The van der Waals surface area contributed by atoms with Gasteiger partial charge >= 0.3 is 24.0 Å². The number of amides is 1. The van der Waals surface area contributed by atoms with Gasteiger partial charge in [-0.3, -0.25) is 14.4 Å². The van der Waals surface area contributed by atoms with Crippen molar-refractivity contribution in [2.75, 3.05) is 0 Å². The zero-order valence-corrected chi connectivity index (χ0v) is 21.7. The zero-order valence-electron chi connectivity index (χ0n) is 15.2. The monoisotopic (exact) mass is 735 g/mol. The number of hydrogen-bond acceptors (Lipinski definition) is 8. The zero-order chi connectivity index (χ0) is 21.2. The normalized spacial score (nSPS) is 32.1. The highest BCUT2D eigenvalue weighted by Gasteiger charge is 2.57. The van der Waals surface area contributed by atoms with E-state index in [0.717, 1.165) is 0 Å². The molecule has 1 amide bonds. The Labute approximate surface area is 203 Å². The van der Waals surface area contributed by atoms with Gasteiger partial charge in [0.15, 0.2) is 12.3 Å². The first-order valence-corrected chi connectivity index (χ1v) is 12.2. The lowest BCUT2D eigenvalue weighted by atomic mass is 9.68. The summed E-state index contributed by atoms with van der Waals surface area (Å²) in [5.74, 6) is -2.64. The van der Waals surface area contributed by atoms with Crippen molar-refractivity contribution >= 4 is 91.8 Å². The third kappa shape index (κ3) is 5.95. The number of halogens is 3. The smallest absolute Gasteiger partial charge is 0.407 e. The minimum Gasteiger partial charge on any atom is -0.452 e. The number of ether oxygens (including phenoxy) is 4. The highest BCUT2D eigenvalue weighted by atomic mass is 127. The summed E-state index contributed by atoms with van der Waals surface area (Å²) < 4.78 is 19.9. The lowest BCUT2D eigenvalue weighted by Crippen LogP contribution is -2.64. The Hall–Kier alpha value is -0.130. The second-order valence-corrected chi connectivity index (χ2v) is 10.2. The molecule has 0 aromatic heterocycles. The molecule has 2 aliphatic rings. The molecule has 1 saturated heterocycles. The van der Waals surface area contributed by atoms with Crippen LogP contribution in [0.1, 0.15) is 27.2 Å². The van der Waals surface area contributed by atoms with Gasteiger partial charge in [-0.25, -0.2) is 4.79 Å². The van der Waals surface area contributed by atoms with E-state index >= 15 is 0 Å². The standard InChI is InChI=1S/C16H20I3NO8/c1-5(21)25-13(17)10-8-4-9(28-16(24)20-8)11(14(18)26-6(2)22)12(10)15(19)27-7(3)23/h8-15H,4H2,1-3H3,(H,20,24). The molecule has 0 spiro atoms. The fourth-order valence-corrected chi connectivity index (χ4v) is 7.66. The largest absolute Gasteiger partial charge is 0.452 e. The van der Waals surface area contributed by atoms with Gasteiger partial charge in [0.2, 0.25) is 0 Å². The molecule has 12 heteroatoms. The van der Waals surface area contributed by atoms with Crippen molar-refractivity contribution in [3.05, 3.63) is 0 Å². The van der Waals surface area contributed by atoms with Crippen LogP contribution in [-0.4, -0.2) is 48.5 Å². The number of nitrogens with one attached hydrogen (secondary N) is 1. The first-order chi connectivity index (χ1) is 13.0. The molecule has 0 radical (unpaired) electrons. The second kappa shape index (κ2) is 10.3. The molecule has 2 bridgehead atoms. The number of fused-ring (bicyclic) bond motifs is 2. The maximum Gasteiger partial charge on any atom is 0.407 e. The van der Waals surface area contributed by atoms with Crippen molar-refractivity contribution < 1.29 is 38.1 Å². The van der Waals surface area contributed by atoms with Crippen LogP contribution >= 0.6 is 67.8 Å². The highest BCUT2D eigenvalue weighted by molar-refractivity contribution is 14.1. The van der Waals surface area contributed by atoms with E-state index in [2.05, 4.69) is 5.32 Å². The van der Waals surface area contributed by atoms with Gasteiger partial charge in [-0.15, -0.1) is 0 Å². The quantitative estimate of drug-likeness (QED) is 0.192. The Morgan fingerprint density at radius 3 is 1.79 bits per heavy atom. The van der Waals surface area contributed by atoms with E-state index < -0.39 is 54.3 Å². The first kappa shape index (κ1) is 24.1. The summed E-state index contributed by atoms with van der Waals surface area (Å²) >= 11 is 6.00. The van der Waals surface area contributed by atoms with E-state index in [1.54, 1.807) is 0 Å². The Morgan fingerprint density at radius 1 is 0.893 bits per heavy atom. The molecule has 1 heterocycles. The number of rotatable bonds is 6. The van der Waals surface area contributed by atoms with Gasteiger partial charge in [0.1, 0.15) is 6.10 Å². The number of alkyl halides is 3. The van der Waals surface area contributed by atoms with E-state index in [-0.39, 0.29) is 12.0 Å².